The van der Waals surface area contributed by atoms with Crippen LogP contribution in [0.15, 0.2) is 5.38 Å². The van der Waals surface area contributed by atoms with Crippen molar-refractivity contribution in [2.75, 3.05) is 44.2 Å². The molecule has 1 fully saturated rings. The van der Waals surface area contributed by atoms with Crippen LogP contribution in [0.5, 0.6) is 0 Å². The Morgan fingerprint density at radius 1 is 1.25 bits per heavy atom. The highest BCUT2D eigenvalue weighted by atomic mass is 32.2. The summed E-state index contributed by atoms with van der Waals surface area (Å²) in [7, 11) is -3.30. The normalized spacial score (nSPS) is 17.9. The van der Waals surface area contributed by atoms with Gasteiger partial charge in [-0.3, -0.25) is 0 Å². The lowest BCUT2D eigenvalue weighted by molar-refractivity contribution is 0.334. The van der Waals surface area contributed by atoms with Gasteiger partial charge in [-0.05, 0) is 6.92 Å². The van der Waals surface area contributed by atoms with E-state index in [2.05, 4.69) is 9.88 Å². The second-order valence-electron chi connectivity index (χ2n) is 4.75. The van der Waals surface area contributed by atoms with E-state index in [1.54, 1.807) is 15.6 Å². The summed E-state index contributed by atoms with van der Waals surface area (Å²) in [4.78, 5) is 6.61. The molecule has 0 bridgehead atoms. The fraction of sp³-hybridized carbons (Fsp3) is 0.750. The minimum atomic E-state index is -3.30. The van der Waals surface area contributed by atoms with Crippen molar-refractivity contribution in [3.63, 3.8) is 0 Å². The van der Waals surface area contributed by atoms with Crippen LogP contribution in [0.1, 0.15) is 19.5 Å². The lowest BCUT2D eigenvalue weighted by atomic mass is 10.4. The molecule has 6 nitrogen and oxygen atoms in total. The molecular formula is C12H22N4O2S2. The summed E-state index contributed by atoms with van der Waals surface area (Å²) in [6, 6.07) is 0. The number of aryl methyl sites for hydroxylation is 1. The molecule has 0 amide bonds. The molecule has 1 saturated heterocycles. The van der Waals surface area contributed by atoms with Gasteiger partial charge >= 0.3 is 0 Å². The second-order valence-corrected chi connectivity index (χ2v) is 7.51. The predicted octanol–water partition coefficient (Wildman–Crippen LogP) is 1.16. The molecule has 0 unspecified atom stereocenters. The smallest absolute Gasteiger partial charge is 0.282 e. The van der Waals surface area contributed by atoms with Crippen LogP contribution >= 0.6 is 11.3 Å². The van der Waals surface area contributed by atoms with Gasteiger partial charge in [0.15, 0.2) is 5.13 Å². The summed E-state index contributed by atoms with van der Waals surface area (Å²) >= 11 is 1.62. The largest absolute Gasteiger partial charge is 0.345 e. The molecule has 8 heteroatoms. The van der Waals surface area contributed by atoms with Crippen molar-refractivity contribution < 1.29 is 8.42 Å². The average molecular weight is 318 g/mol. The first-order chi connectivity index (χ1) is 9.48. The van der Waals surface area contributed by atoms with Gasteiger partial charge < -0.3 is 4.90 Å². The minimum Gasteiger partial charge on any atom is -0.345 e. The maximum absolute atomic E-state index is 12.4. The molecule has 0 N–H and O–H groups in total. The highest BCUT2D eigenvalue weighted by Crippen LogP contribution is 2.22. The monoisotopic (exact) mass is 318 g/mol. The summed E-state index contributed by atoms with van der Waals surface area (Å²) in [6.45, 7) is 9.21. The van der Waals surface area contributed by atoms with Gasteiger partial charge in [-0.1, -0.05) is 13.8 Å². The minimum absolute atomic E-state index is 0.519. The third-order valence-electron chi connectivity index (χ3n) is 3.47. The van der Waals surface area contributed by atoms with Crippen LogP contribution in [0.4, 0.5) is 5.13 Å². The number of hydrogen-bond acceptors (Lipinski definition) is 5. The van der Waals surface area contributed by atoms with Crippen molar-refractivity contribution in [2.45, 2.75) is 20.8 Å². The first kappa shape index (κ1) is 15.7. The molecule has 0 aromatic carbocycles. The molecule has 1 aromatic heterocycles. The van der Waals surface area contributed by atoms with E-state index in [0.717, 1.165) is 10.8 Å². The van der Waals surface area contributed by atoms with Crippen molar-refractivity contribution in [3.05, 3.63) is 11.1 Å². The third kappa shape index (κ3) is 3.13. The molecule has 2 heterocycles. The van der Waals surface area contributed by atoms with Crippen LogP contribution < -0.4 is 4.90 Å². The van der Waals surface area contributed by atoms with Crippen LogP contribution in [-0.2, 0) is 10.2 Å². The van der Waals surface area contributed by atoms with E-state index in [4.69, 9.17) is 0 Å². The van der Waals surface area contributed by atoms with Gasteiger partial charge in [0, 0.05) is 44.6 Å². The highest BCUT2D eigenvalue weighted by Gasteiger charge is 2.31. The molecule has 20 heavy (non-hydrogen) atoms. The maximum atomic E-state index is 12.4. The number of thiazole rings is 1. The number of anilines is 1. The SMILES string of the molecule is CCN(CC)S(=O)(=O)N1CCN(c2nc(C)cs2)CC1. The quantitative estimate of drug-likeness (QED) is 0.817. The van der Waals surface area contributed by atoms with E-state index in [-0.39, 0.29) is 0 Å². The molecule has 0 aliphatic carbocycles. The van der Waals surface area contributed by atoms with Crippen molar-refractivity contribution in [1.29, 1.82) is 0 Å². The standard InChI is InChI=1S/C12H22N4O2S2/c1-4-15(5-2)20(17,18)16-8-6-14(7-9-16)12-13-11(3)10-19-12/h10H,4-9H2,1-3H3. The number of piperazine rings is 1. The molecule has 1 aliphatic heterocycles. The van der Waals surface area contributed by atoms with Gasteiger partial charge in [-0.25, -0.2) is 4.98 Å². The second kappa shape index (κ2) is 6.38. The molecule has 0 spiro atoms. The zero-order valence-electron chi connectivity index (χ0n) is 12.2. The fourth-order valence-corrected chi connectivity index (χ4v) is 4.77. The Morgan fingerprint density at radius 3 is 2.30 bits per heavy atom. The Labute approximate surface area is 125 Å². The predicted molar refractivity (Wildman–Crippen MR) is 82.5 cm³/mol. The lowest BCUT2D eigenvalue weighted by Crippen LogP contribution is -2.53. The number of nitrogens with zero attached hydrogens (tertiary/aromatic N) is 4. The Kier molecular flexibility index (Phi) is 5.00. The Bertz CT molecular complexity index is 531. The molecule has 0 saturated carbocycles. The van der Waals surface area contributed by atoms with Crippen LogP contribution in [-0.4, -0.2) is 61.3 Å². The number of hydrogen-bond donors (Lipinski definition) is 0. The number of rotatable bonds is 5. The van der Waals surface area contributed by atoms with Gasteiger partial charge in [0.25, 0.3) is 10.2 Å². The summed E-state index contributed by atoms with van der Waals surface area (Å²) < 4.78 is 27.9. The van der Waals surface area contributed by atoms with E-state index in [9.17, 15) is 8.42 Å². The van der Waals surface area contributed by atoms with E-state index in [1.165, 1.54) is 4.31 Å². The van der Waals surface area contributed by atoms with Crippen LogP contribution in [0.2, 0.25) is 0 Å². The molecule has 2 rings (SSSR count). The molecular weight excluding hydrogens is 296 g/mol. The summed E-state index contributed by atoms with van der Waals surface area (Å²) in [5.41, 5.74) is 1.02. The Hall–Kier alpha value is -0.700. The van der Waals surface area contributed by atoms with Crippen LogP contribution in [0.3, 0.4) is 0 Å². The summed E-state index contributed by atoms with van der Waals surface area (Å²) in [6.07, 6.45) is 0. The molecule has 1 aromatic rings. The van der Waals surface area contributed by atoms with Crippen molar-refractivity contribution in [1.82, 2.24) is 13.6 Å². The topological polar surface area (TPSA) is 56.8 Å². The zero-order chi connectivity index (χ0) is 14.8. The Balaban J connectivity index is 2.00. The van der Waals surface area contributed by atoms with E-state index < -0.39 is 10.2 Å². The van der Waals surface area contributed by atoms with Gasteiger partial charge in [0.05, 0.1) is 5.69 Å². The fourth-order valence-electron chi connectivity index (χ4n) is 2.31. The van der Waals surface area contributed by atoms with Crippen molar-refractivity contribution in [3.8, 4) is 0 Å². The average Bonchev–Trinajstić information content (AvgIpc) is 2.87. The summed E-state index contributed by atoms with van der Waals surface area (Å²) in [5, 5.41) is 3.01. The van der Waals surface area contributed by atoms with E-state index in [0.29, 0.717) is 39.3 Å². The highest BCUT2D eigenvalue weighted by molar-refractivity contribution is 7.86. The van der Waals surface area contributed by atoms with E-state index in [1.807, 2.05) is 26.2 Å². The van der Waals surface area contributed by atoms with Crippen molar-refractivity contribution in [2.24, 2.45) is 0 Å². The van der Waals surface area contributed by atoms with E-state index >= 15 is 0 Å². The zero-order valence-corrected chi connectivity index (χ0v) is 13.9. The van der Waals surface area contributed by atoms with Crippen molar-refractivity contribution >= 4 is 26.7 Å². The Morgan fingerprint density at radius 2 is 1.85 bits per heavy atom. The number of aromatic nitrogens is 1. The van der Waals surface area contributed by atoms with Crippen LogP contribution in [0, 0.1) is 6.92 Å². The first-order valence-corrected chi connectivity index (χ1v) is 9.19. The van der Waals surface area contributed by atoms with Gasteiger partial charge in [0.1, 0.15) is 0 Å². The maximum Gasteiger partial charge on any atom is 0.282 e. The molecule has 0 atom stereocenters. The molecule has 114 valence electrons. The lowest BCUT2D eigenvalue weighted by Gasteiger charge is -2.36. The molecule has 1 aliphatic rings. The third-order valence-corrected chi connectivity index (χ3v) is 6.68. The molecule has 0 radical (unpaired) electrons. The van der Waals surface area contributed by atoms with Gasteiger partial charge in [0.2, 0.25) is 0 Å². The van der Waals surface area contributed by atoms with Crippen LogP contribution in [0.25, 0.3) is 0 Å². The van der Waals surface area contributed by atoms with Gasteiger partial charge in [-0.2, -0.15) is 17.0 Å². The van der Waals surface area contributed by atoms with Gasteiger partial charge in [-0.15, -0.1) is 11.3 Å². The summed E-state index contributed by atoms with van der Waals surface area (Å²) in [5.74, 6) is 0. The first-order valence-electron chi connectivity index (χ1n) is 6.91.